The molecule has 18 heavy (non-hydrogen) atoms. The standard InChI is InChI=1S/C14H14N4/c15-8-10-5-6-13(11(16)7-10)18-9-17-12-3-1-2-4-14(12)18/h5-7,9H,1-4,16H2. The van der Waals surface area contributed by atoms with Gasteiger partial charge in [-0.15, -0.1) is 0 Å². The molecule has 0 amide bonds. The minimum atomic E-state index is 0.588. The second kappa shape index (κ2) is 4.19. The lowest BCUT2D eigenvalue weighted by atomic mass is 10.0. The number of nitrogens with zero attached hydrogens (tertiary/aromatic N) is 3. The first-order valence-corrected chi connectivity index (χ1v) is 6.14. The van der Waals surface area contributed by atoms with Crippen LogP contribution in [0.4, 0.5) is 5.69 Å². The normalized spacial score (nSPS) is 13.9. The molecule has 90 valence electrons. The number of nitriles is 1. The molecule has 0 atom stereocenters. The van der Waals surface area contributed by atoms with Crippen LogP contribution in [0.1, 0.15) is 29.8 Å². The van der Waals surface area contributed by atoms with E-state index in [1.54, 1.807) is 12.1 Å². The van der Waals surface area contributed by atoms with Crippen LogP contribution < -0.4 is 5.73 Å². The Balaban J connectivity index is 2.10. The van der Waals surface area contributed by atoms with Crippen molar-refractivity contribution in [3.63, 3.8) is 0 Å². The maximum absolute atomic E-state index is 8.85. The smallest absolute Gasteiger partial charge is 0.0998 e. The number of imidazole rings is 1. The van der Waals surface area contributed by atoms with E-state index >= 15 is 0 Å². The highest BCUT2D eigenvalue weighted by Gasteiger charge is 2.17. The van der Waals surface area contributed by atoms with Crippen LogP contribution in [-0.4, -0.2) is 9.55 Å². The lowest BCUT2D eigenvalue weighted by Crippen LogP contribution is -2.08. The first-order valence-electron chi connectivity index (χ1n) is 6.14. The number of fused-ring (bicyclic) bond motifs is 1. The third-order valence-corrected chi connectivity index (χ3v) is 3.45. The third-order valence-electron chi connectivity index (χ3n) is 3.45. The Morgan fingerprint density at radius 3 is 2.89 bits per heavy atom. The SMILES string of the molecule is N#Cc1ccc(-n2cnc3c2CCCC3)c(N)c1. The van der Waals surface area contributed by atoms with Gasteiger partial charge in [0.1, 0.15) is 0 Å². The highest BCUT2D eigenvalue weighted by Crippen LogP contribution is 2.26. The van der Waals surface area contributed by atoms with Gasteiger partial charge in [-0.05, 0) is 43.9 Å². The van der Waals surface area contributed by atoms with Gasteiger partial charge in [0.05, 0.1) is 35.0 Å². The Hall–Kier alpha value is -2.28. The van der Waals surface area contributed by atoms with Crippen molar-refractivity contribution in [3.8, 4) is 11.8 Å². The molecule has 0 fully saturated rings. The summed E-state index contributed by atoms with van der Waals surface area (Å²) in [6.45, 7) is 0. The molecule has 2 N–H and O–H groups in total. The molecule has 0 unspecified atom stereocenters. The van der Waals surface area contributed by atoms with Crippen molar-refractivity contribution in [2.24, 2.45) is 0 Å². The van der Waals surface area contributed by atoms with E-state index in [-0.39, 0.29) is 0 Å². The number of rotatable bonds is 1. The Morgan fingerprint density at radius 1 is 1.28 bits per heavy atom. The molecule has 0 radical (unpaired) electrons. The summed E-state index contributed by atoms with van der Waals surface area (Å²) in [7, 11) is 0. The van der Waals surface area contributed by atoms with Crippen molar-refractivity contribution in [2.45, 2.75) is 25.7 Å². The predicted molar refractivity (Wildman–Crippen MR) is 69.3 cm³/mol. The molecule has 4 heteroatoms. The topological polar surface area (TPSA) is 67.6 Å². The van der Waals surface area contributed by atoms with Crippen molar-refractivity contribution < 1.29 is 0 Å². The molecule has 2 aromatic rings. The number of nitrogen functional groups attached to an aromatic ring is 1. The van der Waals surface area contributed by atoms with E-state index in [1.807, 2.05) is 12.4 Å². The van der Waals surface area contributed by atoms with Gasteiger partial charge in [-0.1, -0.05) is 0 Å². The van der Waals surface area contributed by atoms with Crippen molar-refractivity contribution in [2.75, 3.05) is 5.73 Å². The molecule has 4 nitrogen and oxygen atoms in total. The average molecular weight is 238 g/mol. The zero-order valence-corrected chi connectivity index (χ0v) is 10.1. The van der Waals surface area contributed by atoms with Crippen LogP contribution in [0.3, 0.4) is 0 Å². The number of hydrogen-bond acceptors (Lipinski definition) is 3. The van der Waals surface area contributed by atoms with Crippen LogP contribution in [0, 0.1) is 11.3 Å². The molecule has 0 spiro atoms. The van der Waals surface area contributed by atoms with Gasteiger partial charge in [-0.25, -0.2) is 4.98 Å². The second-order valence-electron chi connectivity index (χ2n) is 4.60. The fraction of sp³-hybridized carbons (Fsp3) is 0.286. The Morgan fingerprint density at radius 2 is 2.11 bits per heavy atom. The molecule has 3 rings (SSSR count). The van der Waals surface area contributed by atoms with Crippen LogP contribution in [0.15, 0.2) is 24.5 Å². The number of aromatic nitrogens is 2. The quantitative estimate of drug-likeness (QED) is 0.774. The summed E-state index contributed by atoms with van der Waals surface area (Å²) in [4.78, 5) is 4.46. The number of benzene rings is 1. The maximum Gasteiger partial charge on any atom is 0.0998 e. The van der Waals surface area contributed by atoms with Gasteiger partial charge in [0, 0.05) is 5.69 Å². The zero-order chi connectivity index (χ0) is 12.5. The van der Waals surface area contributed by atoms with Crippen molar-refractivity contribution in [1.29, 1.82) is 5.26 Å². The lowest BCUT2D eigenvalue weighted by Gasteiger charge is -2.15. The number of hydrogen-bond donors (Lipinski definition) is 1. The summed E-state index contributed by atoms with van der Waals surface area (Å²) in [6.07, 6.45) is 6.36. The maximum atomic E-state index is 8.85. The second-order valence-corrected chi connectivity index (χ2v) is 4.60. The first-order chi connectivity index (χ1) is 8.79. The molecular weight excluding hydrogens is 224 g/mol. The molecule has 1 aromatic carbocycles. The van der Waals surface area contributed by atoms with E-state index in [4.69, 9.17) is 11.0 Å². The van der Waals surface area contributed by atoms with Crippen LogP contribution in [-0.2, 0) is 12.8 Å². The summed E-state index contributed by atoms with van der Waals surface area (Å²) < 4.78 is 2.06. The molecule has 0 saturated heterocycles. The summed E-state index contributed by atoms with van der Waals surface area (Å²) >= 11 is 0. The molecule has 0 bridgehead atoms. The lowest BCUT2D eigenvalue weighted by molar-refractivity contribution is 0.656. The van der Waals surface area contributed by atoms with E-state index in [1.165, 1.54) is 24.2 Å². The van der Waals surface area contributed by atoms with Crippen molar-refractivity contribution in [1.82, 2.24) is 9.55 Å². The van der Waals surface area contributed by atoms with Gasteiger partial charge in [0.2, 0.25) is 0 Å². The van der Waals surface area contributed by atoms with Crippen LogP contribution in [0.25, 0.3) is 5.69 Å². The number of nitrogens with two attached hydrogens (primary N) is 1. The Kier molecular flexibility index (Phi) is 2.52. The summed E-state index contributed by atoms with van der Waals surface area (Å²) in [5, 5.41) is 8.85. The molecule has 1 heterocycles. The van der Waals surface area contributed by atoms with Gasteiger partial charge in [-0.3, -0.25) is 0 Å². The molecule has 0 saturated carbocycles. The van der Waals surface area contributed by atoms with E-state index in [2.05, 4.69) is 15.6 Å². The van der Waals surface area contributed by atoms with E-state index in [0.29, 0.717) is 11.3 Å². The summed E-state index contributed by atoms with van der Waals surface area (Å²) in [5.74, 6) is 0. The van der Waals surface area contributed by atoms with Gasteiger partial charge < -0.3 is 10.3 Å². The molecule has 0 aliphatic heterocycles. The van der Waals surface area contributed by atoms with Gasteiger partial charge in [0.25, 0.3) is 0 Å². The van der Waals surface area contributed by atoms with Gasteiger partial charge in [-0.2, -0.15) is 5.26 Å². The van der Waals surface area contributed by atoms with Crippen molar-refractivity contribution in [3.05, 3.63) is 41.5 Å². The molecule has 1 aromatic heterocycles. The van der Waals surface area contributed by atoms with E-state index in [0.717, 1.165) is 18.5 Å². The highest BCUT2D eigenvalue weighted by molar-refractivity contribution is 5.61. The summed E-state index contributed by atoms with van der Waals surface area (Å²) in [6, 6.07) is 7.50. The van der Waals surface area contributed by atoms with E-state index < -0.39 is 0 Å². The molecule has 1 aliphatic rings. The number of aryl methyl sites for hydroxylation is 1. The average Bonchev–Trinajstić information content (AvgIpc) is 2.82. The minimum Gasteiger partial charge on any atom is -0.397 e. The third kappa shape index (κ3) is 1.65. The fourth-order valence-electron chi connectivity index (χ4n) is 2.52. The largest absolute Gasteiger partial charge is 0.397 e. The molecular formula is C14H14N4. The van der Waals surface area contributed by atoms with Crippen LogP contribution in [0.2, 0.25) is 0 Å². The van der Waals surface area contributed by atoms with Gasteiger partial charge >= 0.3 is 0 Å². The summed E-state index contributed by atoms with van der Waals surface area (Å²) in [5.41, 5.74) is 10.6. The fourth-order valence-corrected chi connectivity index (χ4v) is 2.52. The van der Waals surface area contributed by atoms with E-state index in [9.17, 15) is 0 Å². The monoisotopic (exact) mass is 238 g/mol. The number of anilines is 1. The van der Waals surface area contributed by atoms with Crippen LogP contribution in [0.5, 0.6) is 0 Å². The Bertz CT molecular complexity index is 634. The predicted octanol–water partition coefficient (Wildman–Crippen LogP) is 2.20. The minimum absolute atomic E-state index is 0.588. The van der Waals surface area contributed by atoms with Crippen molar-refractivity contribution >= 4 is 5.69 Å². The Labute approximate surface area is 106 Å². The highest BCUT2D eigenvalue weighted by atomic mass is 15.1. The molecule has 1 aliphatic carbocycles. The van der Waals surface area contributed by atoms with Crippen LogP contribution >= 0.6 is 0 Å². The van der Waals surface area contributed by atoms with Gasteiger partial charge in [0.15, 0.2) is 0 Å². The zero-order valence-electron chi connectivity index (χ0n) is 10.1. The first kappa shape index (κ1) is 10.8.